The Morgan fingerprint density at radius 1 is 1.25 bits per heavy atom. The summed E-state index contributed by atoms with van der Waals surface area (Å²) in [6.07, 6.45) is 1.05. The van der Waals surface area contributed by atoms with Gasteiger partial charge in [0.25, 0.3) is 0 Å². The third-order valence-corrected chi connectivity index (χ3v) is 2.97. The summed E-state index contributed by atoms with van der Waals surface area (Å²) < 4.78 is 5.51. The van der Waals surface area contributed by atoms with Crippen molar-refractivity contribution >= 4 is 11.9 Å². The predicted molar refractivity (Wildman–Crippen MR) is 77.5 cm³/mol. The van der Waals surface area contributed by atoms with Crippen molar-refractivity contribution in [2.24, 2.45) is 0 Å². The number of hydrogen-bond acceptors (Lipinski definition) is 6. The van der Waals surface area contributed by atoms with Crippen LogP contribution in [-0.2, 0) is 11.3 Å². The van der Waals surface area contributed by atoms with E-state index in [9.17, 15) is 4.79 Å². The molecular weight excluding hydrogens is 258 g/mol. The molecule has 0 fully saturated rings. The van der Waals surface area contributed by atoms with E-state index in [0.717, 1.165) is 13.0 Å². The van der Waals surface area contributed by atoms with Crippen LogP contribution in [0.2, 0.25) is 0 Å². The highest BCUT2D eigenvalue weighted by Crippen LogP contribution is 2.10. The first-order valence-electron chi connectivity index (χ1n) is 7.14. The van der Waals surface area contributed by atoms with Crippen LogP contribution in [0.4, 0.5) is 6.01 Å². The smallest absolute Gasteiger partial charge is 0.318 e. The lowest BCUT2D eigenvalue weighted by Crippen LogP contribution is -2.38. The van der Waals surface area contributed by atoms with E-state index in [-0.39, 0.29) is 12.5 Å². The van der Waals surface area contributed by atoms with Gasteiger partial charge in [-0.2, -0.15) is 0 Å². The summed E-state index contributed by atoms with van der Waals surface area (Å²) in [6, 6.07) is 0.374. The fraction of sp³-hybridized carbons (Fsp3) is 0.769. The number of carbonyl (C=O) groups excluding carboxylic acids is 1. The molecule has 1 N–H and O–H groups in total. The van der Waals surface area contributed by atoms with Gasteiger partial charge in [-0.25, -0.2) is 0 Å². The molecule has 0 aromatic carbocycles. The van der Waals surface area contributed by atoms with E-state index in [1.807, 2.05) is 13.8 Å². The van der Waals surface area contributed by atoms with Crippen molar-refractivity contribution < 1.29 is 9.21 Å². The van der Waals surface area contributed by atoms with Crippen molar-refractivity contribution in [2.45, 2.75) is 33.7 Å². The second kappa shape index (κ2) is 8.52. The van der Waals surface area contributed by atoms with Crippen LogP contribution in [-0.4, -0.2) is 54.2 Å². The van der Waals surface area contributed by atoms with E-state index >= 15 is 0 Å². The average Bonchev–Trinajstić information content (AvgIpc) is 2.89. The van der Waals surface area contributed by atoms with E-state index in [2.05, 4.69) is 22.4 Å². The Morgan fingerprint density at radius 2 is 1.95 bits per heavy atom. The molecule has 20 heavy (non-hydrogen) atoms. The summed E-state index contributed by atoms with van der Waals surface area (Å²) in [7, 11) is 1.78. The van der Waals surface area contributed by atoms with Gasteiger partial charge in [-0.3, -0.25) is 4.79 Å². The van der Waals surface area contributed by atoms with Gasteiger partial charge >= 0.3 is 6.01 Å². The SMILES string of the molecule is CCCNCc1nnc(N(C)CC(=O)N(CC)CC)o1. The summed E-state index contributed by atoms with van der Waals surface area (Å²) in [4.78, 5) is 15.4. The molecule has 7 nitrogen and oxygen atoms in total. The predicted octanol–water partition coefficient (Wildman–Crippen LogP) is 0.874. The topological polar surface area (TPSA) is 74.5 Å². The lowest BCUT2D eigenvalue weighted by molar-refractivity contribution is -0.129. The van der Waals surface area contributed by atoms with Crippen molar-refractivity contribution in [3.8, 4) is 0 Å². The number of anilines is 1. The van der Waals surface area contributed by atoms with Crippen molar-refractivity contribution in [2.75, 3.05) is 38.1 Å². The second-order valence-corrected chi connectivity index (χ2v) is 4.58. The van der Waals surface area contributed by atoms with Crippen LogP contribution < -0.4 is 10.2 Å². The van der Waals surface area contributed by atoms with E-state index in [0.29, 0.717) is 31.5 Å². The fourth-order valence-corrected chi connectivity index (χ4v) is 1.79. The lowest BCUT2D eigenvalue weighted by Gasteiger charge is -2.21. The molecule has 0 atom stereocenters. The van der Waals surface area contributed by atoms with Crippen LogP contribution >= 0.6 is 0 Å². The van der Waals surface area contributed by atoms with Gasteiger partial charge in [0.15, 0.2) is 0 Å². The molecule has 0 saturated carbocycles. The normalized spacial score (nSPS) is 10.6. The first-order chi connectivity index (χ1) is 9.62. The second-order valence-electron chi connectivity index (χ2n) is 4.58. The van der Waals surface area contributed by atoms with Crippen LogP contribution in [0.15, 0.2) is 4.42 Å². The van der Waals surface area contributed by atoms with Gasteiger partial charge in [0.1, 0.15) is 6.54 Å². The molecule has 0 unspecified atom stereocenters. The Hall–Kier alpha value is -1.63. The molecule has 7 heteroatoms. The summed E-state index contributed by atoms with van der Waals surface area (Å²) in [5, 5.41) is 11.1. The minimum absolute atomic E-state index is 0.0568. The molecule has 0 saturated heterocycles. The van der Waals surface area contributed by atoms with Crippen LogP contribution in [0, 0.1) is 0 Å². The molecule has 0 aliphatic heterocycles. The third kappa shape index (κ3) is 4.80. The number of carbonyl (C=O) groups is 1. The van der Waals surface area contributed by atoms with Gasteiger partial charge in [0.05, 0.1) is 6.54 Å². The standard InChI is InChI=1S/C13H25N5O2/c1-5-8-14-9-11-15-16-13(20-11)17(4)10-12(19)18(6-2)7-3/h14H,5-10H2,1-4H3. The zero-order chi connectivity index (χ0) is 15.0. The van der Waals surface area contributed by atoms with Gasteiger partial charge < -0.3 is 19.5 Å². The first kappa shape index (κ1) is 16.4. The number of amides is 1. The molecule has 1 aromatic heterocycles. The Morgan fingerprint density at radius 3 is 2.55 bits per heavy atom. The monoisotopic (exact) mass is 283 g/mol. The van der Waals surface area contributed by atoms with Crippen LogP contribution in [0.25, 0.3) is 0 Å². The maximum Gasteiger partial charge on any atom is 0.318 e. The average molecular weight is 283 g/mol. The molecule has 114 valence electrons. The highest BCUT2D eigenvalue weighted by molar-refractivity contribution is 5.80. The maximum absolute atomic E-state index is 12.0. The van der Waals surface area contributed by atoms with E-state index in [1.165, 1.54) is 0 Å². The largest absolute Gasteiger partial charge is 0.407 e. The molecular formula is C13H25N5O2. The van der Waals surface area contributed by atoms with Crippen LogP contribution in [0.1, 0.15) is 33.1 Å². The van der Waals surface area contributed by atoms with Crippen molar-refractivity contribution in [3.05, 3.63) is 5.89 Å². The van der Waals surface area contributed by atoms with Crippen molar-refractivity contribution in [1.82, 2.24) is 20.4 Å². The molecule has 0 spiro atoms. The summed E-state index contributed by atoms with van der Waals surface area (Å²) in [5.74, 6) is 0.594. The molecule has 1 amide bonds. The summed E-state index contributed by atoms with van der Waals surface area (Å²) >= 11 is 0. The number of likely N-dealkylation sites (N-methyl/N-ethyl adjacent to an activating group) is 2. The van der Waals surface area contributed by atoms with Crippen molar-refractivity contribution in [1.29, 1.82) is 0 Å². The summed E-state index contributed by atoms with van der Waals surface area (Å²) in [6.45, 7) is 9.15. The van der Waals surface area contributed by atoms with Gasteiger partial charge in [0, 0.05) is 20.1 Å². The number of nitrogens with one attached hydrogen (secondary N) is 1. The van der Waals surface area contributed by atoms with E-state index in [4.69, 9.17) is 4.42 Å². The van der Waals surface area contributed by atoms with Gasteiger partial charge in [-0.15, -0.1) is 5.10 Å². The molecule has 1 aromatic rings. The van der Waals surface area contributed by atoms with E-state index < -0.39 is 0 Å². The van der Waals surface area contributed by atoms with Gasteiger partial charge in [0.2, 0.25) is 11.8 Å². The molecule has 0 aliphatic carbocycles. The summed E-state index contributed by atoms with van der Waals surface area (Å²) in [5.41, 5.74) is 0. The zero-order valence-electron chi connectivity index (χ0n) is 12.8. The quantitative estimate of drug-likeness (QED) is 0.678. The number of aromatic nitrogens is 2. The third-order valence-electron chi connectivity index (χ3n) is 2.97. The molecule has 0 radical (unpaired) electrons. The minimum Gasteiger partial charge on any atom is -0.407 e. The Kier molecular flexibility index (Phi) is 7.00. The lowest BCUT2D eigenvalue weighted by atomic mass is 10.4. The van der Waals surface area contributed by atoms with Crippen molar-refractivity contribution in [3.63, 3.8) is 0 Å². The van der Waals surface area contributed by atoms with Crippen LogP contribution in [0.5, 0.6) is 0 Å². The Labute approximate surface area is 120 Å². The zero-order valence-corrected chi connectivity index (χ0v) is 12.8. The molecule has 0 bridgehead atoms. The van der Waals surface area contributed by atoms with Gasteiger partial charge in [-0.05, 0) is 26.8 Å². The Bertz CT molecular complexity index is 403. The minimum atomic E-state index is 0.0568. The highest BCUT2D eigenvalue weighted by atomic mass is 16.4. The molecule has 1 rings (SSSR count). The number of hydrogen-bond donors (Lipinski definition) is 1. The van der Waals surface area contributed by atoms with Crippen LogP contribution in [0.3, 0.4) is 0 Å². The van der Waals surface area contributed by atoms with E-state index in [1.54, 1.807) is 16.8 Å². The van der Waals surface area contributed by atoms with Gasteiger partial charge in [-0.1, -0.05) is 12.0 Å². The molecule has 0 aliphatic rings. The first-order valence-corrected chi connectivity index (χ1v) is 7.14. The molecule has 1 heterocycles. The number of rotatable bonds is 9. The number of nitrogens with zero attached hydrogens (tertiary/aromatic N) is 4. The Balaban J connectivity index is 2.51. The fourth-order valence-electron chi connectivity index (χ4n) is 1.79. The highest BCUT2D eigenvalue weighted by Gasteiger charge is 2.16. The maximum atomic E-state index is 12.0.